The van der Waals surface area contributed by atoms with Gasteiger partial charge < -0.3 is 15.1 Å². The Morgan fingerprint density at radius 1 is 1.36 bits per heavy atom. The van der Waals surface area contributed by atoms with Crippen molar-refractivity contribution in [1.29, 1.82) is 0 Å². The molecule has 4 nitrogen and oxygen atoms in total. The molecule has 0 unspecified atom stereocenters. The molecule has 0 aromatic rings. The van der Waals surface area contributed by atoms with E-state index in [9.17, 15) is 15.0 Å². The zero-order chi connectivity index (χ0) is 20.7. The zero-order valence-corrected chi connectivity index (χ0v) is 18.1. The van der Waals surface area contributed by atoms with Crippen LogP contribution in [0.1, 0.15) is 65.2 Å². The van der Waals surface area contributed by atoms with Crippen molar-refractivity contribution in [3.8, 4) is 0 Å². The van der Waals surface area contributed by atoms with Crippen LogP contribution in [0, 0.1) is 17.8 Å². The quantitative estimate of drug-likeness (QED) is 0.549. The number of allylic oxidation sites excluding steroid dienone is 4. The first-order chi connectivity index (χ1) is 13.2. The average molecular weight is 390 g/mol. The summed E-state index contributed by atoms with van der Waals surface area (Å²) in [5.41, 5.74) is 0.675. The maximum atomic E-state index is 11.6. The molecular weight excluding hydrogens is 350 g/mol. The topological polar surface area (TPSA) is 60.8 Å². The summed E-state index contributed by atoms with van der Waals surface area (Å²) in [6, 6.07) is 0. The number of carbonyl (C=O) groups is 1. The molecule has 0 radical (unpaired) electrons. The molecule has 4 heteroatoms. The first-order valence-corrected chi connectivity index (χ1v) is 10.9. The summed E-state index contributed by atoms with van der Waals surface area (Å²) in [4.78, 5) is 13.3. The summed E-state index contributed by atoms with van der Waals surface area (Å²) in [5.74, 6) is 1.22. The number of unbranched alkanes of at least 4 members (excludes halogenated alkanes) is 1. The van der Waals surface area contributed by atoms with E-state index in [4.69, 9.17) is 0 Å². The molecule has 1 amide bonds. The smallest absolute Gasteiger partial charge is 0.222 e. The van der Waals surface area contributed by atoms with Gasteiger partial charge in [-0.05, 0) is 50.9 Å². The first-order valence-electron chi connectivity index (χ1n) is 10.9. The van der Waals surface area contributed by atoms with E-state index in [2.05, 4.69) is 37.3 Å². The van der Waals surface area contributed by atoms with Crippen LogP contribution in [0.2, 0.25) is 0 Å². The Hall–Kier alpha value is -1.39. The third kappa shape index (κ3) is 6.59. The van der Waals surface area contributed by atoms with Crippen LogP contribution in [0.3, 0.4) is 0 Å². The van der Waals surface area contributed by atoms with Crippen molar-refractivity contribution in [2.24, 2.45) is 17.8 Å². The fourth-order valence-corrected chi connectivity index (χ4v) is 4.47. The minimum absolute atomic E-state index is 0.157. The molecule has 2 aliphatic carbocycles. The predicted molar refractivity (Wildman–Crippen MR) is 115 cm³/mol. The Kier molecular flexibility index (Phi) is 8.51. The number of nitrogens with zero attached hydrogens (tertiary/aromatic N) is 1. The number of carbonyl (C=O) groups excluding carboxylic acids is 1. The van der Waals surface area contributed by atoms with Gasteiger partial charge in [0.2, 0.25) is 5.91 Å². The van der Waals surface area contributed by atoms with Gasteiger partial charge in [0.25, 0.3) is 0 Å². The van der Waals surface area contributed by atoms with E-state index in [1.807, 2.05) is 6.92 Å². The molecule has 0 aromatic heterocycles. The summed E-state index contributed by atoms with van der Waals surface area (Å²) < 4.78 is 0. The van der Waals surface area contributed by atoms with Gasteiger partial charge >= 0.3 is 0 Å². The van der Waals surface area contributed by atoms with Crippen LogP contribution in [-0.4, -0.2) is 46.8 Å². The molecule has 158 valence electrons. The third-order valence-electron chi connectivity index (χ3n) is 6.24. The lowest BCUT2D eigenvalue weighted by Gasteiger charge is -2.22. The Bertz CT molecular complexity index is 603. The Labute approximate surface area is 171 Å². The maximum absolute atomic E-state index is 11.6. The van der Waals surface area contributed by atoms with Gasteiger partial charge in [-0.15, -0.1) is 0 Å². The minimum Gasteiger partial charge on any atom is -0.392 e. The Balaban J connectivity index is 1.84. The van der Waals surface area contributed by atoms with Crippen LogP contribution >= 0.6 is 0 Å². The monoisotopic (exact) mass is 389 g/mol. The van der Waals surface area contributed by atoms with E-state index in [0.717, 1.165) is 38.5 Å². The van der Waals surface area contributed by atoms with Crippen molar-refractivity contribution >= 4 is 5.91 Å². The Morgan fingerprint density at radius 3 is 2.79 bits per heavy atom. The van der Waals surface area contributed by atoms with E-state index >= 15 is 0 Å². The first kappa shape index (κ1) is 22.9. The summed E-state index contributed by atoms with van der Waals surface area (Å²) >= 11 is 0. The molecule has 0 heterocycles. The van der Waals surface area contributed by atoms with Crippen molar-refractivity contribution in [2.45, 2.75) is 76.9 Å². The van der Waals surface area contributed by atoms with Crippen molar-refractivity contribution in [3.05, 3.63) is 36.0 Å². The average Bonchev–Trinajstić information content (AvgIpc) is 3.14. The van der Waals surface area contributed by atoms with E-state index < -0.39 is 5.60 Å². The van der Waals surface area contributed by atoms with Crippen molar-refractivity contribution < 1.29 is 15.0 Å². The molecule has 0 spiro atoms. The molecule has 2 N–H and O–H groups in total. The zero-order valence-electron chi connectivity index (χ0n) is 18.1. The van der Waals surface area contributed by atoms with Gasteiger partial charge in [0.05, 0.1) is 11.7 Å². The molecule has 2 rings (SSSR count). The normalized spacial score (nSPS) is 29.3. The predicted octanol–water partition coefficient (Wildman–Crippen LogP) is 4.24. The standard InChI is InChI=1S/C24H39NO3/c1-5-6-13-24(2,28)14-9-11-20-21-16-18(15-19(21)17-22(20)26)10-7-8-12-23(27)25(3)4/h7,9-11,15,19-22,26,28H,5-6,8,12-14,16-17H2,1-4H3/t19-,20+,21-,22+,24-/m0/s1. The van der Waals surface area contributed by atoms with Gasteiger partial charge in [-0.25, -0.2) is 0 Å². The molecule has 0 bridgehead atoms. The molecule has 2 aliphatic rings. The molecular formula is C24H39NO3. The molecule has 5 atom stereocenters. The van der Waals surface area contributed by atoms with Crippen molar-refractivity contribution in [1.82, 2.24) is 4.90 Å². The van der Waals surface area contributed by atoms with Crippen LogP contribution in [0.5, 0.6) is 0 Å². The highest BCUT2D eigenvalue weighted by Gasteiger charge is 2.42. The van der Waals surface area contributed by atoms with Gasteiger partial charge in [0.15, 0.2) is 0 Å². The minimum atomic E-state index is -0.652. The second-order valence-corrected chi connectivity index (χ2v) is 9.12. The van der Waals surface area contributed by atoms with Gasteiger partial charge in [0.1, 0.15) is 0 Å². The maximum Gasteiger partial charge on any atom is 0.222 e. The number of rotatable bonds is 10. The molecule has 0 saturated heterocycles. The summed E-state index contributed by atoms with van der Waals surface area (Å²) in [7, 11) is 3.57. The lowest BCUT2D eigenvalue weighted by Crippen LogP contribution is -2.23. The molecule has 1 fully saturated rings. The second kappa shape index (κ2) is 10.4. The Morgan fingerprint density at radius 2 is 2.11 bits per heavy atom. The number of hydrogen-bond acceptors (Lipinski definition) is 3. The summed E-state index contributed by atoms with van der Waals surface area (Å²) in [5, 5.41) is 20.9. The van der Waals surface area contributed by atoms with Gasteiger partial charge in [0, 0.05) is 26.4 Å². The van der Waals surface area contributed by atoms with Crippen LogP contribution in [-0.2, 0) is 4.79 Å². The highest BCUT2D eigenvalue weighted by Crippen LogP contribution is 2.47. The van der Waals surface area contributed by atoms with Crippen LogP contribution in [0.4, 0.5) is 0 Å². The van der Waals surface area contributed by atoms with Crippen LogP contribution in [0.25, 0.3) is 0 Å². The van der Waals surface area contributed by atoms with Crippen molar-refractivity contribution in [3.63, 3.8) is 0 Å². The molecule has 0 aliphatic heterocycles. The fraction of sp³-hybridized carbons (Fsp3) is 0.708. The lowest BCUT2D eigenvalue weighted by atomic mass is 9.88. The number of hydrogen-bond donors (Lipinski definition) is 2. The summed E-state index contributed by atoms with van der Waals surface area (Å²) in [6.07, 6.45) is 17.2. The largest absolute Gasteiger partial charge is 0.392 e. The fourth-order valence-electron chi connectivity index (χ4n) is 4.47. The lowest BCUT2D eigenvalue weighted by molar-refractivity contribution is -0.128. The third-order valence-corrected chi connectivity index (χ3v) is 6.24. The molecule has 28 heavy (non-hydrogen) atoms. The number of aliphatic hydroxyl groups is 2. The second-order valence-electron chi connectivity index (χ2n) is 9.12. The van der Waals surface area contributed by atoms with E-state index in [1.165, 1.54) is 5.57 Å². The van der Waals surface area contributed by atoms with Gasteiger partial charge in [-0.3, -0.25) is 4.79 Å². The number of aliphatic hydroxyl groups excluding tert-OH is 1. The number of fused-ring (bicyclic) bond motifs is 1. The molecule has 1 saturated carbocycles. The highest BCUT2D eigenvalue weighted by molar-refractivity contribution is 5.75. The van der Waals surface area contributed by atoms with Crippen LogP contribution in [0.15, 0.2) is 36.0 Å². The van der Waals surface area contributed by atoms with Crippen molar-refractivity contribution in [2.75, 3.05) is 14.1 Å². The number of amides is 1. The van der Waals surface area contributed by atoms with E-state index in [1.54, 1.807) is 19.0 Å². The summed E-state index contributed by atoms with van der Waals surface area (Å²) in [6.45, 7) is 4.04. The van der Waals surface area contributed by atoms with E-state index in [0.29, 0.717) is 24.7 Å². The van der Waals surface area contributed by atoms with Crippen LogP contribution < -0.4 is 0 Å². The SMILES string of the molecule is CCCC[C@](C)(O)CC=C[C@@H]1[C@H]2CC(C=CCCC(=O)N(C)C)=C[C@H]2C[C@H]1O. The van der Waals surface area contributed by atoms with E-state index in [-0.39, 0.29) is 17.9 Å². The van der Waals surface area contributed by atoms with Gasteiger partial charge in [-0.2, -0.15) is 0 Å². The highest BCUT2D eigenvalue weighted by atomic mass is 16.3. The van der Waals surface area contributed by atoms with Gasteiger partial charge in [-0.1, -0.05) is 55.7 Å². The molecule has 0 aromatic carbocycles.